The quantitative estimate of drug-likeness (QED) is 0.744. The molecule has 0 aliphatic rings. The minimum Gasteiger partial charge on any atom is -0.351 e. The molecule has 0 bridgehead atoms. The molecule has 0 spiro atoms. The van der Waals surface area contributed by atoms with Crippen LogP contribution in [0.1, 0.15) is 5.56 Å². The number of nitrogens with two attached hydrogens (primary N) is 1. The number of para-hydroxylation sites is 1. The van der Waals surface area contributed by atoms with Crippen LogP contribution in [0.2, 0.25) is 0 Å². The third-order valence-corrected chi connectivity index (χ3v) is 2.58. The summed E-state index contributed by atoms with van der Waals surface area (Å²) in [5.74, 6) is -0.458. The number of carbonyl (C=O) groups excluding carboxylic acids is 2. The van der Waals surface area contributed by atoms with E-state index in [2.05, 4.69) is 10.3 Å². The second-order valence-electron chi connectivity index (χ2n) is 4.01. The largest absolute Gasteiger partial charge is 0.351 e. The van der Waals surface area contributed by atoms with E-state index in [9.17, 15) is 9.59 Å². The lowest BCUT2D eigenvalue weighted by Gasteiger charge is -2.07. The van der Waals surface area contributed by atoms with Crippen LogP contribution in [0.5, 0.6) is 0 Å². The van der Waals surface area contributed by atoms with Crippen LogP contribution in [0.3, 0.4) is 0 Å². The number of hydrogen-bond acceptors (Lipinski definition) is 4. The number of amides is 3. The molecule has 3 amide bonds. The van der Waals surface area contributed by atoms with Crippen molar-refractivity contribution >= 4 is 22.8 Å². The van der Waals surface area contributed by atoms with Crippen molar-refractivity contribution in [2.45, 2.75) is 6.54 Å². The van der Waals surface area contributed by atoms with Gasteiger partial charge in [0.05, 0.1) is 12.1 Å². The highest BCUT2D eigenvalue weighted by molar-refractivity contribution is 5.94. The summed E-state index contributed by atoms with van der Waals surface area (Å²) in [7, 11) is 0. The topological polar surface area (TPSA) is 97.1 Å². The van der Waals surface area contributed by atoms with E-state index in [-0.39, 0.29) is 6.54 Å². The third kappa shape index (κ3) is 3.49. The molecule has 19 heavy (non-hydrogen) atoms. The minimum absolute atomic E-state index is 0.0200. The molecule has 0 saturated carbocycles. The predicted octanol–water partition coefficient (Wildman–Crippen LogP) is 0.519. The Morgan fingerprint density at radius 2 is 2.00 bits per heavy atom. The van der Waals surface area contributed by atoms with Gasteiger partial charge in [0.1, 0.15) is 0 Å². The highest BCUT2D eigenvalue weighted by Gasteiger charge is 2.05. The van der Waals surface area contributed by atoms with Crippen LogP contribution < -0.4 is 16.4 Å². The molecular weight excluding hydrogens is 244 g/mol. The maximum atomic E-state index is 11.2. The molecule has 0 saturated heterocycles. The summed E-state index contributed by atoms with van der Waals surface area (Å²) in [4.78, 5) is 26.0. The number of hydrogen-bond donors (Lipinski definition) is 3. The first-order valence-corrected chi connectivity index (χ1v) is 5.79. The summed E-state index contributed by atoms with van der Waals surface area (Å²) in [6.45, 7) is 0.507. The van der Waals surface area contributed by atoms with Gasteiger partial charge >= 0.3 is 6.03 Å². The number of primary amides is 1. The Bertz CT molecular complexity index is 607. The Hall–Kier alpha value is -2.47. The lowest BCUT2D eigenvalue weighted by atomic mass is 10.1. The van der Waals surface area contributed by atoms with Crippen LogP contribution in [-0.4, -0.2) is 23.5 Å². The number of rotatable bonds is 4. The summed E-state index contributed by atoms with van der Waals surface area (Å²) in [5, 5.41) is 5.97. The van der Waals surface area contributed by atoms with Gasteiger partial charge in [-0.2, -0.15) is 0 Å². The van der Waals surface area contributed by atoms with Crippen LogP contribution in [0, 0.1) is 0 Å². The number of imide groups is 1. The van der Waals surface area contributed by atoms with E-state index in [4.69, 9.17) is 5.73 Å². The summed E-state index contributed by atoms with van der Waals surface area (Å²) < 4.78 is 0. The Morgan fingerprint density at radius 1 is 1.21 bits per heavy atom. The molecule has 1 heterocycles. The third-order valence-electron chi connectivity index (χ3n) is 2.58. The fraction of sp³-hybridized carbons (Fsp3) is 0.154. The Labute approximate surface area is 110 Å². The number of benzene rings is 1. The van der Waals surface area contributed by atoms with Gasteiger partial charge in [0.25, 0.3) is 0 Å². The lowest BCUT2D eigenvalue weighted by molar-refractivity contribution is -0.119. The Kier molecular flexibility index (Phi) is 4.04. The summed E-state index contributed by atoms with van der Waals surface area (Å²) in [6.07, 6.45) is 1.73. The smallest absolute Gasteiger partial charge is 0.318 e. The zero-order valence-electron chi connectivity index (χ0n) is 10.2. The summed E-state index contributed by atoms with van der Waals surface area (Å²) >= 11 is 0. The molecular formula is C13H14N4O2. The molecule has 2 rings (SSSR count). The number of nitrogens with one attached hydrogen (secondary N) is 2. The molecule has 0 fully saturated rings. The molecule has 6 heteroatoms. The molecule has 2 aromatic rings. The molecule has 98 valence electrons. The van der Waals surface area contributed by atoms with Gasteiger partial charge in [-0.1, -0.05) is 24.3 Å². The average Bonchev–Trinajstić information content (AvgIpc) is 2.38. The molecule has 0 atom stereocenters. The average molecular weight is 258 g/mol. The van der Waals surface area contributed by atoms with Gasteiger partial charge < -0.3 is 11.1 Å². The van der Waals surface area contributed by atoms with Crippen molar-refractivity contribution < 1.29 is 9.59 Å². The van der Waals surface area contributed by atoms with Gasteiger partial charge in [-0.25, -0.2) is 4.79 Å². The van der Waals surface area contributed by atoms with E-state index in [0.717, 1.165) is 16.5 Å². The molecule has 0 unspecified atom stereocenters. The molecule has 0 radical (unpaired) electrons. The summed E-state index contributed by atoms with van der Waals surface area (Å²) in [6, 6.07) is 8.86. The fourth-order valence-electron chi connectivity index (χ4n) is 1.80. The lowest BCUT2D eigenvalue weighted by Crippen LogP contribution is -2.40. The van der Waals surface area contributed by atoms with Gasteiger partial charge in [-0.15, -0.1) is 0 Å². The van der Waals surface area contributed by atoms with Crippen LogP contribution in [0.4, 0.5) is 4.79 Å². The van der Waals surface area contributed by atoms with Crippen molar-refractivity contribution in [2.75, 3.05) is 6.54 Å². The van der Waals surface area contributed by atoms with Gasteiger partial charge in [-0.3, -0.25) is 15.1 Å². The molecule has 4 N–H and O–H groups in total. The summed E-state index contributed by atoms with van der Waals surface area (Å²) in [5.41, 5.74) is 6.73. The first-order chi connectivity index (χ1) is 9.16. The van der Waals surface area contributed by atoms with Gasteiger partial charge in [0.15, 0.2) is 0 Å². The number of fused-ring (bicyclic) bond motifs is 1. The number of urea groups is 1. The van der Waals surface area contributed by atoms with Crippen LogP contribution in [-0.2, 0) is 11.3 Å². The Balaban J connectivity index is 1.98. The van der Waals surface area contributed by atoms with Crippen LogP contribution >= 0.6 is 0 Å². The molecule has 0 aliphatic heterocycles. The van der Waals surface area contributed by atoms with Crippen molar-refractivity contribution in [3.63, 3.8) is 0 Å². The fourth-order valence-corrected chi connectivity index (χ4v) is 1.80. The normalized spacial score (nSPS) is 10.3. The van der Waals surface area contributed by atoms with E-state index in [1.807, 2.05) is 35.6 Å². The molecule has 0 aliphatic carbocycles. The van der Waals surface area contributed by atoms with Crippen LogP contribution in [0.15, 0.2) is 36.5 Å². The number of pyridine rings is 1. The number of carbonyl (C=O) groups is 2. The van der Waals surface area contributed by atoms with Crippen molar-refractivity contribution in [2.24, 2.45) is 5.73 Å². The maximum Gasteiger partial charge on any atom is 0.318 e. The van der Waals surface area contributed by atoms with E-state index in [1.165, 1.54) is 0 Å². The number of aromatic nitrogens is 1. The highest BCUT2D eigenvalue weighted by Crippen LogP contribution is 2.15. The molecule has 1 aromatic heterocycles. The second-order valence-corrected chi connectivity index (χ2v) is 4.01. The monoisotopic (exact) mass is 258 g/mol. The van der Waals surface area contributed by atoms with Gasteiger partial charge in [0, 0.05) is 18.1 Å². The maximum absolute atomic E-state index is 11.2. The van der Waals surface area contributed by atoms with Crippen molar-refractivity contribution in [1.29, 1.82) is 0 Å². The van der Waals surface area contributed by atoms with Crippen molar-refractivity contribution in [3.05, 3.63) is 42.1 Å². The molecule has 1 aromatic carbocycles. The number of nitrogens with zero attached hydrogens (tertiary/aromatic N) is 1. The predicted molar refractivity (Wildman–Crippen MR) is 71.2 cm³/mol. The van der Waals surface area contributed by atoms with E-state index in [0.29, 0.717) is 6.54 Å². The highest BCUT2D eigenvalue weighted by atomic mass is 16.2. The van der Waals surface area contributed by atoms with Crippen molar-refractivity contribution in [1.82, 2.24) is 15.6 Å². The first-order valence-electron chi connectivity index (χ1n) is 5.79. The Morgan fingerprint density at radius 3 is 2.79 bits per heavy atom. The zero-order chi connectivity index (χ0) is 13.7. The van der Waals surface area contributed by atoms with Crippen molar-refractivity contribution in [3.8, 4) is 0 Å². The van der Waals surface area contributed by atoms with E-state index in [1.54, 1.807) is 6.20 Å². The first kappa shape index (κ1) is 13.0. The zero-order valence-corrected chi connectivity index (χ0v) is 10.2. The van der Waals surface area contributed by atoms with Gasteiger partial charge in [0.2, 0.25) is 5.91 Å². The van der Waals surface area contributed by atoms with Crippen LogP contribution in [0.25, 0.3) is 10.9 Å². The SMILES string of the molecule is NC(=O)NC(=O)CNCc1cccc2cccnc12. The van der Waals surface area contributed by atoms with E-state index < -0.39 is 11.9 Å². The standard InChI is InChI=1S/C13H14N4O2/c14-13(19)17-11(18)8-15-7-10-4-1-3-9-5-2-6-16-12(9)10/h1-6,15H,7-8H2,(H3,14,17,18,19). The molecule has 6 nitrogen and oxygen atoms in total. The van der Waals surface area contributed by atoms with Gasteiger partial charge in [-0.05, 0) is 11.6 Å². The van der Waals surface area contributed by atoms with E-state index >= 15 is 0 Å². The second kappa shape index (κ2) is 5.92. The minimum atomic E-state index is -0.848.